The summed E-state index contributed by atoms with van der Waals surface area (Å²) in [4.78, 5) is 4.80. The van der Waals surface area contributed by atoms with E-state index in [-0.39, 0.29) is 6.79 Å². The number of rotatable bonds is 6. The zero-order chi connectivity index (χ0) is 20.5. The van der Waals surface area contributed by atoms with Crippen LogP contribution in [0.15, 0.2) is 53.0 Å². The molecule has 6 nitrogen and oxygen atoms in total. The molecule has 0 atom stereocenters. The minimum absolute atomic E-state index is 0.279. The maximum absolute atomic E-state index is 5.48. The van der Waals surface area contributed by atoms with Gasteiger partial charge in [0.15, 0.2) is 22.5 Å². The first-order valence-corrected chi connectivity index (χ1v) is 11.6. The standard InChI is InChI=1S/C22H20N4O2S2/c1-3-26-20(15-6-4-14(2)5-7-15)24-25-22(26)30-12-17-11-29-21(23-17)16-8-9-18-19(10-16)28-13-27-18/h4-11H,3,12-13H2,1-2H3. The molecule has 0 saturated heterocycles. The number of thioether (sulfide) groups is 1. The van der Waals surface area contributed by atoms with Gasteiger partial charge < -0.3 is 14.0 Å². The minimum atomic E-state index is 0.279. The van der Waals surface area contributed by atoms with Crippen LogP contribution in [-0.4, -0.2) is 26.5 Å². The zero-order valence-corrected chi connectivity index (χ0v) is 18.3. The van der Waals surface area contributed by atoms with Crippen molar-refractivity contribution in [3.8, 4) is 33.5 Å². The molecule has 8 heteroatoms. The number of ether oxygens (including phenoxy) is 2. The summed E-state index contributed by atoms with van der Waals surface area (Å²) >= 11 is 3.29. The summed E-state index contributed by atoms with van der Waals surface area (Å²) in [5, 5.41) is 12.8. The third-order valence-corrected chi connectivity index (χ3v) is 6.80. The Balaban J connectivity index is 1.32. The van der Waals surface area contributed by atoms with Crippen LogP contribution in [0.4, 0.5) is 0 Å². The Hall–Kier alpha value is -2.84. The van der Waals surface area contributed by atoms with Gasteiger partial charge in [0, 0.05) is 28.8 Å². The van der Waals surface area contributed by atoms with Crippen molar-refractivity contribution >= 4 is 23.1 Å². The van der Waals surface area contributed by atoms with Crippen LogP contribution in [0.5, 0.6) is 11.5 Å². The molecule has 0 spiro atoms. The second-order valence-corrected chi connectivity index (χ2v) is 8.72. The average Bonchev–Trinajstić information content (AvgIpc) is 3.51. The number of nitrogens with zero attached hydrogens (tertiary/aromatic N) is 4. The van der Waals surface area contributed by atoms with Crippen LogP contribution in [-0.2, 0) is 12.3 Å². The van der Waals surface area contributed by atoms with E-state index in [0.29, 0.717) is 0 Å². The quantitative estimate of drug-likeness (QED) is 0.376. The monoisotopic (exact) mass is 436 g/mol. The number of fused-ring (bicyclic) bond motifs is 1. The summed E-state index contributed by atoms with van der Waals surface area (Å²) in [5.41, 5.74) is 4.39. The minimum Gasteiger partial charge on any atom is -0.454 e. The number of thiazole rings is 1. The normalized spacial score (nSPS) is 12.5. The molecule has 0 saturated carbocycles. The lowest BCUT2D eigenvalue weighted by Gasteiger charge is -2.07. The molecule has 4 aromatic rings. The van der Waals surface area contributed by atoms with Crippen molar-refractivity contribution in [3.05, 3.63) is 59.1 Å². The first-order valence-electron chi connectivity index (χ1n) is 9.68. The van der Waals surface area contributed by atoms with Crippen molar-refractivity contribution in [2.75, 3.05) is 6.79 Å². The predicted octanol–water partition coefficient (Wildman–Crippen LogP) is 5.42. The van der Waals surface area contributed by atoms with Crippen LogP contribution in [0.25, 0.3) is 22.0 Å². The van der Waals surface area contributed by atoms with Gasteiger partial charge in [-0.1, -0.05) is 41.6 Å². The van der Waals surface area contributed by atoms with Gasteiger partial charge in [0.1, 0.15) is 5.01 Å². The van der Waals surface area contributed by atoms with Gasteiger partial charge in [0.05, 0.1) is 5.69 Å². The second kappa shape index (κ2) is 8.12. The SMILES string of the molecule is CCn1c(SCc2csc(-c3ccc4c(c3)OCO4)n2)nnc1-c1ccc(C)cc1. The number of benzene rings is 2. The van der Waals surface area contributed by atoms with E-state index < -0.39 is 0 Å². The van der Waals surface area contributed by atoms with Gasteiger partial charge in [-0.15, -0.1) is 21.5 Å². The molecule has 2 aromatic heterocycles. The van der Waals surface area contributed by atoms with E-state index in [0.717, 1.165) is 56.6 Å². The van der Waals surface area contributed by atoms with Crippen molar-refractivity contribution in [1.29, 1.82) is 0 Å². The topological polar surface area (TPSA) is 62.1 Å². The van der Waals surface area contributed by atoms with Crippen LogP contribution in [0.1, 0.15) is 18.2 Å². The van der Waals surface area contributed by atoms with Gasteiger partial charge in [0.25, 0.3) is 0 Å². The smallest absolute Gasteiger partial charge is 0.231 e. The molecule has 2 aromatic carbocycles. The molecule has 0 aliphatic carbocycles. The molecule has 0 radical (unpaired) electrons. The van der Waals surface area contributed by atoms with E-state index >= 15 is 0 Å². The van der Waals surface area contributed by atoms with E-state index in [1.54, 1.807) is 23.1 Å². The van der Waals surface area contributed by atoms with Gasteiger partial charge in [-0.25, -0.2) is 4.98 Å². The fraction of sp³-hybridized carbons (Fsp3) is 0.227. The summed E-state index contributed by atoms with van der Waals surface area (Å²) in [5.74, 6) is 3.21. The lowest BCUT2D eigenvalue weighted by molar-refractivity contribution is 0.174. The van der Waals surface area contributed by atoms with E-state index in [1.807, 2.05) is 18.2 Å². The first-order chi connectivity index (χ1) is 14.7. The van der Waals surface area contributed by atoms with Gasteiger partial charge >= 0.3 is 0 Å². The van der Waals surface area contributed by atoms with Crippen LogP contribution in [0.2, 0.25) is 0 Å². The summed E-state index contributed by atoms with van der Waals surface area (Å²) < 4.78 is 13.0. The van der Waals surface area contributed by atoms with Crippen LogP contribution >= 0.6 is 23.1 Å². The van der Waals surface area contributed by atoms with E-state index in [9.17, 15) is 0 Å². The Morgan fingerprint density at radius 3 is 2.67 bits per heavy atom. The summed E-state index contributed by atoms with van der Waals surface area (Å²) in [6, 6.07) is 14.3. The van der Waals surface area contributed by atoms with E-state index in [4.69, 9.17) is 14.5 Å². The molecule has 0 bridgehead atoms. The maximum Gasteiger partial charge on any atom is 0.231 e. The van der Waals surface area contributed by atoms with Gasteiger partial charge in [-0.2, -0.15) is 0 Å². The maximum atomic E-state index is 5.48. The Morgan fingerprint density at radius 2 is 1.83 bits per heavy atom. The van der Waals surface area contributed by atoms with Crippen LogP contribution in [0.3, 0.4) is 0 Å². The molecule has 30 heavy (non-hydrogen) atoms. The zero-order valence-electron chi connectivity index (χ0n) is 16.7. The van der Waals surface area contributed by atoms with Gasteiger partial charge in [-0.05, 0) is 32.0 Å². The average molecular weight is 437 g/mol. The second-order valence-electron chi connectivity index (χ2n) is 6.92. The number of aromatic nitrogens is 4. The largest absolute Gasteiger partial charge is 0.454 e. The number of hydrogen-bond donors (Lipinski definition) is 0. The van der Waals surface area contributed by atoms with Crippen molar-refractivity contribution in [1.82, 2.24) is 19.7 Å². The van der Waals surface area contributed by atoms with Gasteiger partial charge in [0.2, 0.25) is 6.79 Å². The summed E-state index contributed by atoms with van der Waals surface area (Å²) in [6.07, 6.45) is 0. The van der Waals surface area contributed by atoms with E-state index in [2.05, 4.69) is 58.3 Å². The van der Waals surface area contributed by atoms with Crippen LogP contribution in [0, 0.1) is 6.92 Å². The molecule has 5 rings (SSSR count). The molecule has 0 amide bonds. The van der Waals surface area contributed by atoms with Crippen molar-refractivity contribution in [2.45, 2.75) is 31.3 Å². The lowest BCUT2D eigenvalue weighted by atomic mass is 10.1. The van der Waals surface area contributed by atoms with Gasteiger partial charge in [-0.3, -0.25) is 0 Å². The predicted molar refractivity (Wildman–Crippen MR) is 119 cm³/mol. The Bertz CT molecular complexity index is 1180. The molecular formula is C22H20N4O2S2. The third kappa shape index (κ3) is 3.68. The van der Waals surface area contributed by atoms with E-state index in [1.165, 1.54) is 5.56 Å². The molecule has 1 aliphatic heterocycles. The van der Waals surface area contributed by atoms with Crippen molar-refractivity contribution < 1.29 is 9.47 Å². The molecule has 0 fully saturated rings. The Morgan fingerprint density at radius 1 is 1.03 bits per heavy atom. The highest BCUT2D eigenvalue weighted by molar-refractivity contribution is 7.98. The highest BCUT2D eigenvalue weighted by Crippen LogP contribution is 2.37. The van der Waals surface area contributed by atoms with Crippen LogP contribution < -0.4 is 9.47 Å². The molecular weight excluding hydrogens is 416 g/mol. The fourth-order valence-electron chi connectivity index (χ4n) is 3.27. The molecule has 0 N–H and O–H groups in total. The Kier molecular flexibility index (Phi) is 5.18. The summed E-state index contributed by atoms with van der Waals surface area (Å²) in [6.45, 7) is 5.30. The first kappa shape index (κ1) is 19.1. The van der Waals surface area contributed by atoms with Crippen molar-refractivity contribution in [2.24, 2.45) is 0 Å². The molecule has 1 aliphatic rings. The van der Waals surface area contributed by atoms with Crippen molar-refractivity contribution in [3.63, 3.8) is 0 Å². The molecule has 152 valence electrons. The number of hydrogen-bond acceptors (Lipinski definition) is 7. The molecule has 3 heterocycles. The summed E-state index contributed by atoms with van der Waals surface area (Å²) in [7, 11) is 0. The third-order valence-electron chi connectivity index (χ3n) is 4.86. The molecule has 0 unspecified atom stereocenters. The number of aryl methyl sites for hydroxylation is 1. The highest BCUT2D eigenvalue weighted by atomic mass is 32.2. The lowest BCUT2D eigenvalue weighted by Crippen LogP contribution is -2.00. The highest BCUT2D eigenvalue weighted by Gasteiger charge is 2.16. The Labute approximate surface area is 182 Å². The fourth-order valence-corrected chi connectivity index (χ4v) is 5.09.